The third kappa shape index (κ3) is 2.91. The average Bonchev–Trinajstić information content (AvgIpc) is 2.70. The van der Waals surface area contributed by atoms with Crippen molar-refractivity contribution in [2.24, 2.45) is 4.99 Å². The smallest absolute Gasteiger partial charge is 0.213 e. The number of fused-ring (bicyclic) bond motifs is 1. The Morgan fingerprint density at radius 2 is 1.92 bits per heavy atom. The molecular weight excluding hydrogens is 395 g/mol. The number of benzene rings is 2. The minimum Gasteiger partial charge on any atom is -0.344 e. The molecule has 0 amide bonds. The summed E-state index contributed by atoms with van der Waals surface area (Å²) in [5.74, 6) is -1.02. The van der Waals surface area contributed by atoms with Gasteiger partial charge < -0.3 is 5.32 Å². The van der Waals surface area contributed by atoms with Crippen molar-refractivity contribution in [1.82, 2.24) is 10.3 Å². The number of nitrogens with one attached hydrogen (secondary N) is 2. The first-order valence-corrected chi connectivity index (χ1v) is 8.93. The number of rotatable bonds is 3. The van der Waals surface area contributed by atoms with Gasteiger partial charge in [0, 0.05) is 35.4 Å². The van der Waals surface area contributed by atoms with Gasteiger partial charge in [-0.15, -0.1) is 0 Å². The standard InChI is InChI=1S/C20H16BrFN4/c1-23-20(16-3-2-8-24-12-16)25-11-15-9-13(5-7-19(15)26-20)14-4-6-18(22)17(21)10-14/h2-12,23,26H,1H3. The molecule has 0 spiro atoms. The third-order valence-electron chi connectivity index (χ3n) is 4.46. The fourth-order valence-corrected chi connectivity index (χ4v) is 3.41. The highest BCUT2D eigenvalue weighted by molar-refractivity contribution is 9.10. The molecule has 4 nitrogen and oxygen atoms in total. The Kier molecular flexibility index (Phi) is 4.30. The third-order valence-corrected chi connectivity index (χ3v) is 5.07. The molecule has 3 aromatic rings. The summed E-state index contributed by atoms with van der Waals surface area (Å²) in [5, 5.41) is 6.70. The molecule has 26 heavy (non-hydrogen) atoms. The van der Waals surface area contributed by atoms with Crippen molar-refractivity contribution in [3.05, 3.63) is 82.3 Å². The second-order valence-corrected chi connectivity index (χ2v) is 6.87. The molecule has 0 bridgehead atoms. The largest absolute Gasteiger partial charge is 0.344 e. The second kappa shape index (κ2) is 6.63. The van der Waals surface area contributed by atoms with Gasteiger partial charge in [0.15, 0.2) is 0 Å². The van der Waals surface area contributed by atoms with Crippen LogP contribution in [0.15, 0.2) is 70.4 Å². The van der Waals surface area contributed by atoms with Gasteiger partial charge in [0.1, 0.15) is 5.82 Å². The molecule has 0 saturated carbocycles. The van der Waals surface area contributed by atoms with Crippen LogP contribution in [0.4, 0.5) is 10.1 Å². The molecule has 0 fully saturated rings. The summed E-state index contributed by atoms with van der Waals surface area (Å²) < 4.78 is 13.9. The first kappa shape index (κ1) is 16.9. The SMILES string of the molecule is CNC1(c2cccnc2)N=Cc2cc(-c3ccc(F)c(Br)c3)ccc2N1. The average molecular weight is 411 g/mol. The predicted octanol–water partition coefficient (Wildman–Crippen LogP) is 4.52. The molecule has 2 heterocycles. The van der Waals surface area contributed by atoms with E-state index in [0.717, 1.165) is 27.9 Å². The molecule has 0 radical (unpaired) electrons. The Hall–Kier alpha value is -2.57. The van der Waals surface area contributed by atoms with Gasteiger partial charge in [0.25, 0.3) is 0 Å². The minimum absolute atomic E-state index is 0.273. The Balaban J connectivity index is 1.72. The molecule has 1 aromatic heterocycles. The highest BCUT2D eigenvalue weighted by Gasteiger charge is 2.32. The number of aromatic nitrogens is 1. The fraction of sp³-hybridized carbons (Fsp3) is 0.100. The second-order valence-electron chi connectivity index (χ2n) is 6.02. The molecule has 2 aromatic carbocycles. The first-order chi connectivity index (χ1) is 12.6. The monoisotopic (exact) mass is 410 g/mol. The summed E-state index contributed by atoms with van der Waals surface area (Å²) in [6, 6.07) is 14.9. The van der Waals surface area contributed by atoms with Crippen molar-refractivity contribution in [2.45, 2.75) is 5.79 Å². The first-order valence-electron chi connectivity index (χ1n) is 8.13. The van der Waals surface area contributed by atoms with Crippen LogP contribution in [0.5, 0.6) is 0 Å². The highest BCUT2D eigenvalue weighted by atomic mass is 79.9. The lowest BCUT2D eigenvalue weighted by Gasteiger charge is -2.35. The van der Waals surface area contributed by atoms with Crippen LogP contribution >= 0.6 is 15.9 Å². The maximum Gasteiger partial charge on any atom is 0.213 e. The van der Waals surface area contributed by atoms with E-state index >= 15 is 0 Å². The molecule has 4 rings (SSSR count). The van der Waals surface area contributed by atoms with Crippen LogP contribution in [0.2, 0.25) is 0 Å². The minimum atomic E-state index is -0.748. The van der Waals surface area contributed by atoms with E-state index in [1.54, 1.807) is 24.5 Å². The molecular formula is C20H16BrFN4. The van der Waals surface area contributed by atoms with Crippen LogP contribution in [-0.2, 0) is 5.79 Å². The number of hydrogen-bond acceptors (Lipinski definition) is 4. The van der Waals surface area contributed by atoms with Crippen LogP contribution in [-0.4, -0.2) is 18.2 Å². The van der Waals surface area contributed by atoms with E-state index in [2.05, 4.69) is 31.5 Å². The van der Waals surface area contributed by atoms with Gasteiger partial charge in [-0.25, -0.2) is 9.38 Å². The molecule has 1 aliphatic heterocycles. The van der Waals surface area contributed by atoms with Gasteiger partial charge in [0.05, 0.1) is 4.47 Å². The van der Waals surface area contributed by atoms with Gasteiger partial charge in [-0.05, 0) is 64.4 Å². The Bertz CT molecular complexity index is 990. The molecule has 2 N–H and O–H groups in total. The van der Waals surface area contributed by atoms with E-state index in [-0.39, 0.29) is 5.82 Å². The quantitative estimate of drug-likeness (QED) is 0.666. The van der Waals surface area contributed by atoms with Crippen molar-refractivity contribution in [2.75, 3.05) is 12.4 Å². The highest BCUT2D eigenvalue weighted by Crippen LogP contribution is 2.33. The van der Waals surface area contributed by atoms with Crippen LogP contribution < -0.4 is 10.6 Å². The number of hydrogen-bond donors (Lipinski definition) is 2. The van der Waals surface area contributed by atoms with Crippen molar-refractivity contribution < 1.29 is 4.39 Å². The van der Waals surface area contributed by atoms with Crippen molar-refractivity contribution in [3.63, 3.8) is 0 Å². The lowest BCUT2D eigenvalue weighted by atomic mass is 9.99. The molecule has 0 saturated heterocycles. The zero-order chi connectivity index (χ0) is 18.1. The summed E-state index contributed by atoms with van der Waals surface area (Å²) in [6.45, 7) is 0. The molecule has 1 atom stereocenters. The van der Waals surface area contributed by atoms with E-state index in [1.807, 2.05) is 43.6 Å². The number of aliphatic imine (C=N–C) groups is 1. The maximum absolute atomic E-state index is 13.5. The number of pyridine rings is 1. The summed E-state index contributed by atoms with van der Waals surface area (Å²) in [7, 11) is 1.85. The van der Waals surface area contributed by atoms with Crippen LogP contribution in [0.25, 0.3) is 11.1 Å². The number of anilines is 1. The number of halogens is 2. The van der Waals surface area contributed by atoms with Gasteiger partial charge in [0.2, 0.25) is 5.79 Å². The van der Waals surface area contributed by atoms with Crippen molar-refractivity contribution in [1.29, 1.82) is 0 Å². The normalized spacial score (nSPS) is 18.3. The maximum atomic E-state index is 13.5. The summed E-state index contributed by atoms with van der Waals surface area (Å²) in [6.07, 6.45) is 5.37. The Morgan fingerprint density at radius 1 is 1.12 bits per heavy atom. The van der Waals surface area contributed by atoms with Crippen molar-refractivity contribution >= 4 is 27.8 Å². The molecule has 6 heteroatoms. The van der Waals surface area contributed by atoms with Crippen LogP contribution in [0.1, 0.15) is 11.1 Å². The summed E-state index contributed by atoms with van der Waals surface area (Å²) in [4.78, 5) is 8.89. The van der Waals surface area contributed by atoms with Gasteiger partial charge in [-0.2, -0.15) is 0 Å². The zero-order valence-corrected chi connectivity index (χ0v) is 15.6. The lowest BCUT2D eigenvalue weighted by molar-refractivity contribution is 0.435. The van der Waals surface area contributed by atoms with E-state index < -0.39 is 5.79 Å². The molecule has 0 aliphatic carbocycles. The predicted molar refractivity (Wildman–Crippen MR) is 106 cm³/mol. The van der Waals surface area contributed by atoms with E-state index in [0.29, 0.717) is 4.47 Å². The molecule has 130 valence electrons. The summed E-state index contributed by atoms with van der Waals surface area (Å²) >= 11 is 3.24. The van der Waals surface area contributed by atoms with Crippen molar-refractivity contribution in [3.8, 4) is 11.1 Å². The van der Waals surface area contributed by atoms with Crippen LogP contribution in [0.3, 0.4) is 0 Å². The molecule has 1 aliphatic rings. The zero-order valence-electron chi connectivity index (χ0n) is 14.0. The topological polar surface area (TPSA) is 49.3 Å². The van der Waals surface area contributed by atoms with Crippen LogP contribution in [0, 0.1) is 5.82 Å². The van der Waals surface area contributed by atoms with Gasteiger partial charge in [-0.3, -0.25) is 10.3 Å². The van der Waals surface area contributed by atoms with Gasteiger partial charge >= 0.3 is 0 Å². The van der Waals surface area contributed by atoms with Gasteiger partial charge in [-0.1, -0.05) is 18.2 Å². The number of nitrogens with zero attached hydrogens (tertiary/aromatic N) is 2. The lowest BCUT2D eigenvalue weighted by Crippen LogP contribution is -2.47. The van der Waals surface area contributed by atoms with E-state index in [4.69, 9.17) is 4.99 Å². The Labute approximate surface area is 159 Å². The fourth-order valence-electron chi connectivity index (χ4n) is 3.03. The Morgan fingerprint density at radius 3 is 2.65 bits per heavy atom. The van der Waals surface area contributed by atoms with E-state index in [9.17, 15) is 4.39 Å². The molecule has 1 unspecified atom stereocenters. The summed E-state index contributed by atoms with van der Waals surface area (Å²) in [5.41, 5.74) is 4.79. The van der Waals surface area contributed by atoms with E-state index in [1.165, 1.54) is 6.07 Å².